The first-order chi connectivity index (χ1) is 14.7. The summed E-state index contributed by atoms with van der Waals surface area (Å²) in [6.07, 6.45) is -5.21. The van der Waals surface area contributed by atoms with E-state index in [1.165, 1.54) is 20.1 Å². The van der Waals surface area contributed by atoms with Crippen LogP contribution < -0.4 is 0 Å². The molecule has 1 aliphatic rings. The minimum absolute atomic E-state index is 0.00582. The molecule has 0 spiro atoms. The predicted molar refractivity (Wildman–Crippen MR) is 109 cm³/mol. The summed E-state index contributed by atoms with van der Waals surface area (Å²) in [6, 6.07) is 5.38. The van der Waals surface area contributed by atoms with Crippen molar-refractivity contribution in [1.29, 1.82) is 0 Å². The molecule has 1 fully saturated rings. The van der Waals surface area contributed by atoms with Crippen LogP contribution in [0, 0.1) is 0 Å². The number of benzene rings is 1. The van der Waals surface area contributed by atoms with Crippen molar-refractivity contribution >= 4 is 15.8 Å². The van der Waals surface area contributed by atoms with Crippen LogP contribution in [0.5, 0.6) is 0 Å². The average molecular weight is 475 g/mol. The first-order valence-electron chi connectivity index (χ1n) is 9.90. The summed E-state index contributed by atoms with van der Waals surface area (Å²) in [5.41, 5.74) is -1.18. The molecule has 11 heteroatoms. The third kappa shape index (κ3) is 4.27. The number of ether oxygens (including phenoxy) is 2. The standard InChI is InChI=1S/C21H25F3N2O5S/c1-19(2,18(27)30-4)17-11-15(25-26-17)16-12-20(3,8-9-31-16)32(28,29)14-7-5-6-13(10-14)21(22,23)24/h5-7,10-11,16H,8-9,12H2,1-4H3,(H,25,26). The maximum absolute atomic E-state index is 13.3. The van der Waals surface area contributed by atoms with Gasteiger partial charge in [-0.15, -0.1) is 0 Å². The van der Waals surface area contributed by atoms with E-state index in [4.69, 9.17) is 9.47 Å². The number of alkyl halides is 3. The van der Waals surface area contributed by atoms with E-state index in [2.05, 4.69) is 10.2 Å². The molecular weight excluding hydrogens is 449 g/mol. The van der Waals surface area contributed by atoms with Crippen molar-refractivity contribution < 1.29 is 35.9 Å². The minimum atomic E-state index is -4.65. The van der Waals surface area contributed by atoms with Gasteiger partial charge in [-0.25, -0.2) is 8.42 Å². The lowest BCUT2D eigenvalue weighted by Crippen LogP contribution is -2.42. The van der Waals surface area contributed by atoms with Gasteiger partial charge in [0.2, 0.25) is 0 Å². The Bertz CT molecular complexity index is 1110. The van der Waals surface area contributed by atoms with Gasteiger partial charge < -0.3 is 9.47 Å². The lowest BCUT2D eigenvalue weighted by molar-refractivity contribution is -0.146. The number of nitrogens with one attached hydrogen (secondary N) is 1. The van der Waals surface area contributed by atoms with E-state index in [-0.39, 0.29) is 24.3 Å². The SMILES string of the molecule is COC(=O)C(C)(C)c1cc(C2CC(C)(S(=O)(=O)c3cccc(C(F)(F)F)c3)CCO2)[nH]n1. The fourth-order valence-electron chi connectivity index (χ4n) is 3.72. The van der Waals surface area contributed by atoms with E-state index in [0.717, 1.165) is 12.1 Å². The Balaban J connectivity index is 1.91. The molecule has 0 saturated carbocycles. The van der Waals surface area contributed by atoms with E-state index in [9.17, 15) is 26.4 Å². The van der Waals surface area contributed by atoms with Crippen LogP contribution in [0.3, 0.4) is 0 Å². The molecule has 32 heavy (non-hydrogen) atoms. The van der Waals surface area contributed by atoms with Crippen molar-refractivity contribution in [3.05, 3.63) is 47.3 Å². The number of carbonyl (C=O) groups excluding carboxylic acids is 1. The third-order valence-electron chi connectivity index (χ3n) is 5.97. The van der Waals surface area contributed by atoms with Crippen molar-refractivity contribution in [1.82, 2.24) is 10.2 Å². The molecule has 7 nitrogen and oxygen atoms in total. The van der Waals surface area contributed by atoms with Gasteiger partial charge >= 0.3 is 12.1 Å². The minimum Gasteiger partial charge on any atom is -0.468 e. The van der Waals surface area contributed by atoms with E-state index in [1.807, 2.05) is 0 Å². The molecule has 1 N–H and O–H groups in total. The Hall–Kier alpha value is -2.40. The molecule has 0 bridgehead atoms. The highest BCUT2D eigenvalue weighted by atomic mass is 32.2. The number of rotatable bonds is 5. The van der Waals surface area contributed by atoms with Crippen molar-refractivity contribution in [2.75, 3.05) is 13.7 Å². The normalized spacial score (nSPS) is 22.5. The summed E-state index contributed by atoms with van der Waals surface area (Å²) in [7, 11) is -2.84. The summed E-state index contributed by atoms with van der Waals surface area (Å²) in [5, 5.41) is 6.95. The Labute approximate surface area is 184 Å². The Morgan fingerprint density at radius 3 is 2.59 bits per heavy atom. The number of hydrogen-bond acceptors (Lipinski definition) is 6. The van der Waals surface area contributed by atoms with Crippen LogP contribution in [0.4, 0.5) is 13.2 Å². The summed E-state index contributed by atoms with van der Waals surface area (Å²) < 4.78 is 75.2. The first kappa shape index (κ1) is 24.2. The highest BCUT2D eigenvalue weighted by Crippen LogP contribution is 2.43. The maximum Gasteiger partial charge on any atom is 0.416 e. The summed E-state index contributed by atoms with van der Waals surface area (Å²) in [4.78, 5) is 11.7. The number of esters is 1. The van der Waals surface area contributed by atoms with Gasteiger partial charge in [0, 0.05) is 6.61 Å². The summed E-state index contributed by atoms with van der Waals surface area (Å²) in [5.74, 6) is -0.489. The van der Waals surface area contributed by atoms with Crippen molar-refractivity contribution in [2.24, 2.45) is 0 Å². The van der Waals surface area contributed by atoms with Crippen LogP contribution in [0.25, 0.3) is 0 Å². The van der Waals surface area contributed by atoms with E-state index in [0.29, 0.717) is 17.5 Å². The average Bonchev–Trinajstić information content (AvgIpc) is 3.24. The zero-order chi connectivity index (χ0) is 23.9. The number of carbonyl (C=O) groups is 1. The van der Waals surface area contributed by atoms with Crippen molar-refractivity contribution in [3.8, 4) is 0 Å². The number of H-pyrrole nitrogens is 1. The molecule has 0 aliphatic carbocycles. The van der Waals surface area contributed by atoms with Gasteiger partial charge in [0.25, 0.3) is 0 Å². The Morgan fingerprint density at radius 1 is 1.28 bits per heavy atom. The zero-order valence-electron chi connectivity index (χ0n) is 18.1. The van der Waals surface area contributed by atoms with E-state index < -0.39 is 43.8 Å². The van der Waals surface area contributed by atoms with Gasteiger partial charge in [-0.3, -0.25) is 9.89 Å². The van der Waals surface area contributed by atoms with Gasteiger partial charge in [-0.05, 0) is 57.9 Å². The summed E-state index contributed by atoms with van der Waals surface area (Å²) >= 11 is 0. The maximum atomic E-state index is 13.3. The quantitative estimate of drug-likeness (QED) is 0.659. The predicted octanol–water partition coefficient (Wildman–Crippen LogP) is 3.96. The molecule has 176 valence electrons. The number of aromatic amines is 1. The number of hydrogen-bond donors (Lipinski definition) is 1. The smallest absolute Gasteiger partial charge is 0.416 e. The molecule has 1 aliphatic heterocycles. The first-order valence-corrected chi connectivity index (χ1v) is 11.4. The van der Waals surface area contributed by atoms with E-state index >= 15 is 0 Å². The van der Waals surface area contributed by atoms with Crippen LogP contribution in [0.15, 0.2) is 35.2 Å². The topological polar surface area (TPSA) is 98.4 Å². The highest BCUT2D eigenvalue weighted by molar-refractivity contribution is 7.92. The number of halogens is 3. The Morgan fingerprint density at radius 2 is 1.97 bits per heavy atom. The third-order valence-corrected chi connectivity index (χ3v) is 8.51. The van der Waals surface area contributed by atoms with Crippen LogP contribution in [0.1, 0.15) is 56.7 Å². The number of sulfone groups is 1. The van der Waals surface area contributed by atoms with Gasteiger partial charge in [-0.1, -0.05) is 6.07 Å². The van der Waals surface area contributed by atoms with Crippen LogP contribution >= 0.6 is 0 Å². The molecule has 0 amide bonds. The molecule has 2 unspecified atom stereocenters. The highest BCUT2D eigenvalue weighted by Gasteiger charge is 2.46. The van der Waals surface area contributed by atoms with Crippen molar-refractivity contribution in [3.63, 3.8) is 0 Å². The number of nitrogens with zero attached hydrogens (tertiary/aromatic N) is 1. The second-order valence-electron chi connectivity index (χ2n) is 8.62. The monoisotopic (exact) mass is 474 g/mol. The van der Waals surface area contributed by atoms with Crippen LogP contribution in [0.2, 0.25) is 0 Å². The summed E-state index contributed by atoms with van der Waals surface area (Å²) in [6.45, 7) is 4.88. The van der Waals surface area contributed by atoms with Gasteiger partial charge in [0.05, 0.1) is 33.7 Å². The van der Waals surface area contributed by atoms with Gasteiger partial charge in [-0.2, -0.15) is 18.3 Å². The number of methoxy groups -OCH3 is 1. The second kappa shape index (κ2) is 8.18. The van der Waals surface area contributed by atoms with Crippen molar-refractivity contribution in [2.45, 2.75) is 61.0 Å². The zero-order valence-corrected chi connectivity index (χ0v) is 18.9. The molecule has 2 atom stereocenters. The number of aromatic nitrogens is 2. The van der Waals surface area contributed by atoms with Crippen LogP contribution in [-0.4, -0.2) is 43.0 Å². The molecule has 1 aromatic heterocycles. The molecule has 0 radical (unpaired) electrons. The molecule has 1 saturated heterocycles. The molecule has 2 heterocycles. The fourth-order valence-corrected chi connectivity index (χ4v) is 5.55. The van der Waals surface area contributed by atoms with Gasteiger partial charge in [0.15, 0.2) is 9.84 Å². The molecule has 1 aromatic carbocycles. The van der Waals surface area contributed by atoms with Gasteiger partial charge in [0.1, 0.15) is 11.5 Å². The molecular formula is C21H25F3N2O5S. The second-order valence-corrected chi connectivity index (χ2v) is 11.1. The Kier molecular flexibility index (Phi) is 6.20. The lowest BCUT2D eigenvalue weighted by atomic mass is 9.88. The molecule has 3 rings (SSSR count). The lowest BCUT2D eigenvalue weighted by Gasteiger charge is -2.37. The van der Waals surface area contributed by atoms with Crippen LogP contribution in [-0.2, 0) is 35.7 Å². The fraction of sp³-hybridized carbons (Fsp3) is 0.524. The largest absolute Gasteiger partial charge is 0.468 e. The molecule has 2 aromatic rings. The van der Waals surface area contributed by atoms with E-state index in [1.54, 1.807) is 19.9 Å².